The van der Waals surface area contributed by atoms with E-state index >= 15 is 0 Å². The molecule has 2 heterocycles. The highest BCUT2D eigenvalue weighted by Gasteiger charge is 2.38. The lowest BCUT2D eigenvalue weighted by atomic mass is 9.80. The second kappa shape index (κ2) is 8.76. The normalized spacial score (nSPS) is 17.6. The van der Waals surface area contributed by atoms with E-state index in [4.69, 9.17) is 15.2 Å². The van der Waals surface area contributed by atoms with Crippen molar-refractivity contribution in [2.45, 2.75) is 57.7 Å². The molecule has 1 fully saturated rings. The van der Waals surface area contributed by atoms with Gasteiger partial charge in [-0.25, -0.2) is 9.59 Å². The van der Waals surface area contributed by atoms with E-state index in [0.29, 0.717) is 5.00 Å². The molecule has 3 amide bonds. The van der Waals surface area contributed by atoms with Crippen LogP contribution in [0.2, 0.25) is 0 Å². The number of urea groups is 1. The van der Waals surface area contributed by atoms with Crippen LogP contribution in [0.15, 0.2) is 30.3 Å². The molecule has 1 aliphatic rings. The second-order valence-corrected chi connectivity index (χ2v) is 10.1. The highest BCUT2D eigenvalue weighted by atomic mass is 32.1. The van der Waals surface area contributed by atoms with Crippen LogP contribution in [0.3, 0.4) is 0 Å². The van der Waals surface area contributed by atoms with Crippen LogP contribution in [0.25, 0.3) is 10.4 Å². The predicted molar refractivity (Wildman–Crippen MR) is 123 cm³/mol. The number of hydrogen-bond donors (Lipinski definition) is 4. The molecule has 3 rings (SSSR count). The van der Waals surface area contributed by atoms with E-state index < -0.39 is 12.1 Å². The van der Waals surface area contributed by atoms with Crippen LogP contribution in [-0.2, 0) is 0 Å². The summed E-state index contributed by atoms with van der Waals surface area (Å²) in [6.45, 7) is 8.46. The Balaban J connectivity index is 1.76. The summed E-state index contributed by atoms with van der Waals surface area (Å²) in [7, 11) is 1.60. The first kappa shape index (κ1) is 22.9. The van der Waals surface area contributed by atoms with Crippen molar-refractivity contribution in [1.29, 1.82) is 0 Å². The lowest BCUT2D eigenvalue weighted by Gasteiger charge is -2.46. The highest BCUT2D eigenvalue weighted by Crippen LogP contribution is 2.41. The van der Waals surface area contributed by atoms with Crippen molar-refractivity contribution in [3.8, 4) is 21.9 Å². The molecule has 1 aliphatic heterocycles. The van der Waals surface area contributed by atoms with E-state index in [1.54, 1.807) is 13.2 Å². The van der Waals surface area contributed by atoms with Crippen LogP contribution >= 0.6 is 11.3 Å². The summed E-state index contributed by atoms with van der Waals surface area (Å²) in [6, 6.07) is 8.41. The van der Waals surface area contributed by atoms with Crippen molar-refractivity contribution in [2.24, 2.45) is 5.73 Å². The van der Waals surface area contributed by atoms with Crippen molar-refractivity contribution in [3.05, 3.63) is 30.3 Å². The molecule has 5 N–H and O–H groups in total. The van der Waals surface area contributed by atoms with E-state index in [1.807, 2.05) is 24.3 Å². The summed E-state index contributed by atoms with van der Waals surface area (Å²) < 4.78 is 10.8. The summed E-state index contributed by atoms with van der Waals surface area (Å²) in [5.74, 6) is 0.985. The number of nitrogens with two attached hydrogens (primary N) is 1. The molecule has 168 valence electrons. The zero-order valence-corrected chi connectivity index (χ0v) is 19.3. The van der Waals surface area contributed by atoms with Crippen LogP contribution in [0.4, 0.5) is 14.6 Å². The summed E-state index contributed by atoms with van der Waals surface area (Å²) in [5, 5.41) is 9.46. The standard InChI is InChI=1S/C22H30N4O4S/c1-21(2)11-14(12-22(3,4)26-21)24-20(28)30-16-10-17(31-18(16)25-19(23)27)13-6-8-15(29-5)9-7-13/h6-10,14,26H,11-12H2,1-5H3,(H,24,28)(H3,23,25,27). The van der Waals surface area contributed by atoms with Crippen molar-refractivity contribution in [3.63, 3.8) is 0 Å². The number of carbonyl (C=O) groups is 2. The third kappa shape index (κ3) is 6.11. The third-order valence-corrected chi connectivity index (χ3v) is 6.10. The molecule has 31 heavy (non-hydrogen) atoms. The minimum Gasteiger partial charge on any atom is -0.497 e. The molecular formula is C22H30N4O4S. The van der Waals surface area contributed by atoms with Crippen molar-refractivity contribution >= 4 is 28.5 Å². The van der Waals surface area contributed by atoms with Gasteiger partial charge in [0.25, 0.3) is 0 Å². The largest absolute Gasteiger partial charge is 0.497 e. The van der Waals surface area contributed by atoms with Gasteiger partial charge in [-0.15, -0.1) is 11.3 Å². The number of hydrogen-bond acceptors (Lipinski definition) is 6. The number of methoxy groups -OCH3 is 1. The smallest absolute Gasteiger partial charge is 0.412 e. The van der Waals surface area contributed by atoms with Crippen LogP contribution in [0.5, 0.6) is 11.5 Å². The Morgan fingerprint density at radius 1 is 1.13 bits per heavy atom. The predicted octanol–water partition coefficient (Wildman–Crippen LogP) is 4.31. The van der Waals surface area contributed by atoms with Crippen LogP contribution < -0.4 is 31.2 Å². The lowest BCUT2D eigenvalue weighted by Crippen LogP contribution is -2.62. The quantitative estimate of drug-likeness (QED) is 0.546. The van der Waals surface area contributed by atoms with Crippen molar-refractivity contribution < 1.29 is 19.1 Å². The fourth-order valence-electron chi connectivity index (χ4n) is 4.27. The fourth-order valence-corrected chi connectivity index (χ4v) is 5.26. The number of ether oxygens (including phenoxy) is 2. The first-order valence-electron chi connectivity index (χ1n) is 10.1. The van der Waals surface area contributed by atoms with E-state index in [-0.39, 0.29) is 22.9 Å². The minimum absolute atomic E-state index is 0.0361. The number of anilines is 1. The van der Waals surface area contributed by atoms with Crippen molar-refractivity contribution in [1.82, 2.24) is 10.6 Å². The number of piperidine rings is 1. The van der Waals surface area contributed by atoms with E-state index in [1.165, 1.54) is 11.3 Å². The molecular weight excluding hydrogens is 416 g/mol. The lowest BCUT2D eigenvalue weighted by molar-refractivity contribution is 0.138. The van der Waals surface area contributed by atoms with Gasteiger partial charge < -0.3 is 25.8 Å². The topological polar surface area (TPSA) is 115 Å². The van der Waals surface area contributed by atoms with Crippen molar-refractivity contribution in [2.75, 3.05) is 12.4 Å². The maximum atomic E-state index is 12.7. The maximum Gasteiger partial charge on any atom is 0.412 e. The monoisotopic (exact) mass is 446 g/mol. The number of primary amides is 1. The molecule has 0 bridgehead atoms. The number of rotatable bonds is 5. The Bertz CT molecular complexity index is 937. The average Bonchev–Trinajstić information content (AvgIpc) is 3.00. The Kier molecular flexibility index (Phi) is 6.47. The van der Waals surface area contributed by atoms with E-state index in [0.717, 1.165) is 29.0 Å². The molecule has 0 aliphatic carbocycles. The molecule has 0 saturated carbocycles. The zero-order valence-electron chi connectivity index (χ0n) is 18.5. The Hall–Kier alpha value is -2.78. The molecule has 1 aromatic carbocycles. The Morgan fingerprint density at radius 3 is 2.29 bits per heavy atom. The highest BCUT2D eigenvalue weighted by molar-refractivity contribution is 7.20. The number of benzene rings is 1. The summed E-state index contributed by atoms with van der Waals surface area (Å²) in [4.78, 5) is 24.9. The zero-order chi connectivity index (χ0) is 22.8. The summed E-state index contributed by atoms with van der Waals surface area (Å²) in [5.41, 5.74) is 5.98. The summed E-state index contributed by atoms with van der Waals surface area (Å²) in [6.07, 6.45) is 0.988. The molecule has 0 unspecified atom stereocenters. The Labute approximate surface area is 186 Å². The minimum atomic E-state index is -0.727. The molecule has 0 radical (unpaired) electrons. The Morgan fingerprint density at radius 2 is 1.74 bits per heavy atom. The molecule has 0 atom stereocenters. The molecule has 0 spiro atoms. The number of thiophene rings is 1. The summed E-state index contributed by atoms with van der Waals surface area (Å²) >= 11 is 1.27. The van der Waals surface area contributed by atoms with Gasteiger partial charge in [-0.1, -0.05) is 0 Å². The molecule has 2 aromatic rings. The fraction of sp³-hybridized carbons (Fsp3) is 0.455. The van der Waals surface area contributed by atoms with Gasteiger partial charge in [-0.3, -0.25) is 5.32 Å². The molecule has 8 nitrogen and oxygen atoms in total. The third-order valence-electron chi connectivity index (χ3n) is 5.02. The number of amides is 3. The van der Waals surface area contributed by atoms with Gasteiger partial charge in [0.15, 0.2) is 5.75 Å². The molecule has 9 heteroatoms. The van der Waals surface area contributed by atoms with Gasteiger partial charge in [0, 0.05) is 28.1 Å². The van der Waals surface area contributed by atoms with E-state index in [2.05, 4.69) is 43.6 Å². The molecule has 1 saturated heterocycles. The first-order valence-corrected chi connectivity index (χ1v) is 10.9. The van der Waals surface area contributed by atoms with E-state index in [9.17, 15) is 9.59 Å². The number of nitrogens with one attached hydrogen (secondary N) is 3. The second-order valence-electron chi connectivity index (χ2n) is 9.05. The van der Waals surface area contributed by atoms with Gasteiger partial charge >= 0.3 is 12.1 Å². The van der Waals surface area contributed by atoms with Gasteiger partial charge in [-0.05, 0) is 70.4 Å². The van der Waals surface area contributed by atoms with Crippen LogP contribution in [-0.4, -0.2) is 36.4 Å². The molecule has 1 aromatic heterocycles. The van der Waals surface area contributed by atoms with Gasteiger partial charge in [0.2, 0.25) is 0 Å². The van der Waals surface area contributed by atoms with Crippen LogP contribution in [0.1, 0.15) is 40.5 Å². The first-order chi connectivity index (χ1) is 14.5. The van der Waals surface area contributed by atoms with Gasteiger partial charge in [-0.2, -0.15) is 0 Å². The number of carbonyl (C=O) groups excluding carboxylic acids is 2. The van der Waals surface area contributed by atoms with Crippen LogP contribution in [0, 0.1) is 0 Å². The maximum absolute atomic E-state index is 12.7. The van der Waals surface area contributed by atoms with Gasteiger partial charge in [0.1, 0.15) is 10.8 Å². The average molecular weight is 447 g/mol. The SMILES string of the molecule is COc1ccc(-c2cc(OC(=O)NC3CC(C)(C)NC(C)(C)C3)c(NC(N)=O)s2)cc1. The van der Waals surface area contributed by atoms with Gasteiger partial charge in [0.05, 0.1) is 7.11 Å².